The summed E-state index contributed by atoms with van der Waals surface area (Å²) in [4.78, 5) is 0. The van der Waals surface area contributed by atoms with Gasteiger partial charge in [0.05, 0.1) is 13.3 Å². The first-order valence-electron chi connectivity index (χ1n) is 6.52. The lowest BCUT2D eigenvalue weighted by molar-refractivity contribution is -0.107. The molecule has 0 aromatic carbocycles. The Balaban J connectivity index is 2.72. The maximum atomic E-state index is 12.6. The highest BCUT2D eigenvalue weighted by molar-refractivity contribution is 7.64. The normalized spacial score (nSPS) is 22.4. The Hall–Kier alpha value is 0.0200. The van der Waals surface area contributed by atoms with Crippen LogP contribution in [0.5, 0.6) is 0 Å². The van der Waals surface area contributed by atoms with Crippen LogP contribution in [0.2, 0.25) is 0 Å². The van der Waals surface area contributed by atoms with Crippen molar-refractivity contribution in [2.24, 2.45) is 0 Å². The molecule has 0 aromatic heterocycles. The van der Waals surface area contributed by atoms with Crippen LogP contribution in [0.15, 0.2) is 0 Å². The summed E-state index contributed by atoms with van der Waals surface area (Å²) in [7, 11) is -3.06. The summed E-state index contributed by atoms with van der Waals surface area (Å²) in [5, 5.41) is 0. The maximum absolute atomic E-state index is 12.6. The van der Waals surface area contributed by atoms with Crippen molar-refractivity contribution in [3.63, 3.8) is 0 Å². The lowest BCUT2D eigenvalue weighted by Gasteiger charge is -2.31. The van der Waals surface area contributed by atoms with E-state index in [9.17, 15) is 17.7 Å². The fourth-order valence-corrected chi connectivity index (χ4v) is 6.22. The van der Waals surface area contributed by atoms with E-state index in [0.717, 1.165) is 38.5 Å². The molecule has 0 aromatic rings. The molecule has 0 bridgehead atoms. The average Bonchev–Trinajstić information content (AvgIpc) is 2.25. The lowest BCUT2D eigenvalue weighted by atomic mass is 10.0. The molecule has 5 heteroatoms. The molecule has 1 aliphatic rings. The van der Waals surface area contributed by atoms with Crippen LogP contribution in [0.3, 0.4) is 0 Å². The van der Waals surface area contributed by atoms with Gasteiger partial charge in [-0.25, -0.2) is 0 Å². The van der Waals surface area contributed by atoms with Crippen LogP contribution in [0.25, 0.3) is 0 Å². The fourth-order valence-electron chi connectivity index (χ4n) is 2.67. The second-order valence-corrected chi connectivity index (χ2v) is 8.49. The van der Waals surface area contributed by atoms with Gasteiger partial charge in [-0.15, -0.1) is 0 Å². The molecule has 1 aliphatic carbocycles. The minimum Gasteiger partial charge on any atom is -0.323 e. The van der Waals surface area contributed by atoms with Gasteiger partial charge in [0, 0.05) is 11.8 Å². The predicted molar refractivity (Wildman–Crippen MR) is 65.2 cm³/mol. The quantitative estimate of drug-likeness (QED) is 0.639. The first-order valence-corrected chi connectivity index (χ1v) is 8.66. The smallest absolute Gasteiger partial charge is 0.323 e. The molecule has 0 aliphatic heterocycles. The van der Waals surface area contributed by atoms with Crippen LogP contribution in [-0.2, 0) is 4.57 Å². The molecule has 17 heavy (non-hydrogen) atoms. The largest absolute Gasteiger partial charge is 0.395 e. The minimum absolute atomic E-state index is 0.163. The molecule has 0 heterocycles. The summed E-state index contributed by atoms with van der Waals surface area (Å²) < 4.78 is 50.3. The molecule has 1 unspecified atom stereocenters. The molecule has 0 amide bonds. The number of rotatable bonds is 5. The minimum atomic E-state index is -4.28. The van der Waals surface area contributed by atoms with Crippen LogP contribution in [0.4, 0.5) is 13.2 Å². The van der Waals surface area contributed by atoms with Crippen LogP contribution >= 0.6 is 7.14 Å². The van der Waals surface area contributed by atoms with Crippen molar-refractivity contribution in [2.75, 3.05) is 12.3 Å². The molecule has 0 spiro atoms. The zero-order chi connectivity index (χ0) is 12.9. The Kier molecular flexibility index (Phi) is 5.56. The second kappa shape index (κ2) is 6.26. The third-order valence-corrected chi connectivity index (χ3v) is 7.39. The van der Waals surface area contributed by atoms with Gasteiger partial charge in [-0.3, -0.25) is 0 Å². The van der Waals surface area contributed by atoms with E-state index >= 15 is 0 Å². The van der Waals surface area contributed by atoms with Gasteiger partial charge in [0.25, 0.3) is 0 Å². The highest BCUT2D eigenvalue weighted by Gasteiger charge is 2.43. The Bertz CT molecular complexity index is 269. The zero-order valence-electron chi connectivity index (χ0n) is 10.4. The number of halogens is 3. The topological polar surface area (TPSA) is 17.1 Å². The Morgan fingerprint density at radius 1 is 1.18 bits per heavy atom. The summed E-state index contributed by atoms with van der Waals surface area (Å²) in [6.45, 7) is 1.93. The average molecular weight is 270 g/mol. The molecule has 1 saturated carbocycles. The fraction of sp³-hybridized carbons (Fsp3) is 1.00. The second-order valence-electron chi connectivity index (χ2n) is 5.09. The van der Waals surface area contributed by atoms with Crippen LogP contribution in [-0.4, -0.2) is 24.2 Å². The third kappa shape index (κ3) is 5.03. The number of unbranched alkanes of at least 4 members (excludes halogenated alkanes) is 1. The summed E-state index contributed by atoms with van der Waals surface area (Å²) in [6.07, 6.45) is 0.874. The van der Waals surface area contributed by atoms with Gasteiger partial charge < -0.3 is 4.57 Å². The summed E-state index contributed by atoms with van der Waals surface area (Å²) in [5.41, 5.74) is -0.163. The molecular formula is C12H22F3OP. The molecule has 1 atom stereocenters. The van der Waals surface area contributed by atoms with Crippen molar-refractivity contribution in [1.29, 1.82) is 0 Å². The van der Waals surface area contributed by atoms with Crippen molar-refractivity contribution >= 4 is 7.14 Å². The maximum Gasteiger partial charge on any atom is 0.395 e. The van der Waals surface area contributed by atoms with Gasteiger partial charge >= 0.3 is 6.18 Å². The van der Waals surface area contributed by atoms with Gasteiger partial charge in [0.2, 0.25) is 0 Å². The van der Waals surface area contributed by atoms with Crippen LogP contribution in [0, 0.1) is 0 Å². The van der Waals surface area contributed by atoms with E-state index in [2.05, 4.69) is 0 Å². The summed E-state index contributed by atoms with van der Waals surface area (Å²) >= 11 is 0. The number of hydrogen-bond donors (Lipinski definition) is 0. The van der Waals surface area contributed by atoms with Crippen molar-refractivity contribution in [1.82, 2.24) is 0 Å². The third-order valence-electron chi connectivity index (χ3n) is 3.58. The molecule has 102 valence electrons. The lowest BCUT2D eigenvalue weighted by Crippen LogP contribution is -2.24. The number of hydrogen-bond acceptors (Lipinski definition) is 1. The molecule has 0 saturated heterocycles. The van der Waals surface area contributed by atoms with E-state index in [-0.39, 0.29) is 11.8 Å². The molecule has 1 fully saturated rings. The van der Waals surface area contributed by atoms with E-state index in [1.165, 1.54) is 0 Å². The molecule has 1 rings (SSSR count). The van der Waals surface area contributed by atoms with E-state index in [1.54, 1.807) is 0 Å². The molecule has 0 N–H and O–H groups in total. The van der Waals surface area contributed by atoms with E-state index in [0.29, 0.717) is 6.42 Å². The molecular weight excluding hydrogens is 248 g/mol. The standard InChI is InChI=1S/C12H22F3OP/c1-2-3-9-17(16,10-12(13,14)15)11-7-5-4-6-8-11/h11H,2-10H2,1H3. The van der Waals surface area contributed by atoms with Gasteiger partial charge in [0.15, 0.2) is 0 Å². The van der Waals surface area contributed by atoms with Gasteiger partial charge in [-0.2, -0.15) is 13.2 Å². The Labute approximate surface area is 102 Å². The van der Waals surface area contributed by atoms with Crippen molar-refractivity contribution in [2.45, 2.75) is 63.7 Å². The summed E-state index contributed by atoms with van der Waals surface area (Å²) in [6, 6.07) is 0. The van der Waals surface area contributed by atoms with Crippen molar-refractivity contribution in [3.8, 4) is 0 Å². The monoisotopic (exact) mass is 270 g/mol. The number of alkyl halides is 3. The predicted octanol–water partition coefficient (Wildman–Crippen LogP) is 5.04. The first kappa shape index (κ1) is 15.1. The Morgan fingerprint density at radius 2 is 1.76 bits per heavy atom. The first-order chi connectivity index (χ1) is 7.87. The van der Waals surface area contributed by atoms with Crippen molar-refractivity contribution < 1.29 is 17.7 Å². The van der Waals surface area contributed by atoms with Crippen LogP contribution < -0.4 is 0 Å². The Morgan fingerprint density at radius 3 is 2.24 bits per heavy atom. The van der Waals surface area contributed by atoms with E-state index in [4.69, 9.17) is 0 Å². The van der Waals surface area contributed by atoms with Gasteiger partial charge in [-0.1, -0.05) is 32.6 Å². The van der Waals surface area contributed by atoms with Crippen LogP contribution in [0.1, 0.15) is 51.9 Å². The van der Waals surface area contributed by atoms with Gasteiger partial charge in [0.1, 0.15) is 0 Å². The molecule has 0 radical (unpaired) electrons. The SMILES string of the molecule is CCCCP(=O)(CC(F)(F)F)C1CCCCC1. The van der Waals surface area contributed by atoms with E-state index in [1.807, 2.05) is 6.92 Å². The van der Waals surface area contributed by atoms with E-state index < -0.39 is 19.5 Å². The summed E-state index contributed by atoms with van der Waals surface area (Å²) in [5.74, 6) is 0. The highest BCUT2D eigenvalue weighted by atomic mass is 31.2. The van der Waals surface area contributed by atoms with Crippen molar-refractivity contribution in [3.05, 3.63) is 0 Å². The molecule has 1 nitrogen and oxygen atoms in total. The zero-order valence-corrected chi connectivity index (χ0v) is 11.3. The van der Waals surface area contributed by atoms with Gasteiger partial charge in [-0.05, 0) is 19.3 Å². The highest BCUT2D eigenvalue weighted by Crippen LogP contribution is 2.58.